The Morgan fingerprint density at radius 2 is 0.698 bits per heavy atom. The zero-order valence-corrected chi connectivity index (χ0v) is 59.2. The average molecular weight is 1430 g/mol. The fourth-order valence-corrected chi connectivity index (χ4v) is 18.7. The largest absolute Gasteiger partial charge is 0.481 e. The predicted molar refractivity (Wildman–Crippen MR) is 386 cm³/mol. The second-order valence-electron chi connectivity index (χ2n) is 26.8. The number of carbonyl (C=O) groups is 9. The summed E-state index contributed by atoms with van der Waals surface area (Å²) in [6.45, 7) is 21.2. The number of aliphatic hydroxyl groups is 4. The summed E-state index contributed by atoms with van der Waals surface area (Å²) in [4.78, 5) is 103. The second-order valence-corrected chi connectivity index (χ2v) is 31.2. The highest BCUT2D eigenvalue weighted by Crippen LogP contribution is 2.61. The van der Waals surface area contributed by atoms with Crippen LogP contribution in [0.1, 0.15) is 224 Å². The van der Waals surface area contributed by atoms with Crippen LogP contribution < -0.4 is 0 Å². The number of aliphatic carboxylic acids is 3. The zero-order chi connectivity index (χ0) is 69.1. The number of ketones is 3. The first kappa shape index (κ1) is 90.3. The number of ether oxygens (including phenoxy) is 3. The van der Waals surface area contributed by atoms with Crippen LogP contribution in [0.2, 0.25) is 0 Å². The molecular formula is C73H122O19S4. The molecule has 9 aliphatic carbocycles. The maximum absolute atomic E-state index is 12.7. The maximum Gasteiger partial charge on any atom is 0.332 e. The molecule has 19 nitrogen and oxygen atoms in total. The van der Waals surface area contributed by atoms with Gasteiger partial charge in [0.25, 0.3) is 0 Å². The number of hydrogen-bond donors (Lipinski definition) is 7. The molecule has 0 radical (unpaired) electrons. The Morgan fingerprint density at radius 1 is 0.438 bits per heavy atom. The SMILES string of the molecule is C.C.C.C=C1C[C@@H](OC(=O)CO)C2CCCC3(CCC(=O)C23)C[C@@H]1O.C=C1C[C@@H](OC(=O)CSCCC)C2CCCC3(CCC(=O)C23)C[C@@H]1O.C=C1C[C@@H](OC(=O)CSCCC)C2CCCC3(CCC(=O)C23)C[C@H]1O.CCC(=O)O.CCCSCC(=O)O.CCCSCC(=O)O. The molecule has 0 saturated heterocycles. The van der Waals surface area contributed by atoms with Gasteiger partial charge in [0.05, 0.1) is 41.3 Å². The van der Waals surface area contributed by atoms with Gasteiger partial charge in [-0.1, -0.05) is 95.9 Å². The van der Waals surface area contributed by atoms with E-state index in [4.69, 9.17) is 34.6 Å². The molecule has 0 aromatic rings. The Hall–Kier alpha value is -3.71. The van der Waals surface area contributed by atoms with Gasteiger partial charge in [0.2, 0.25) is 0 Å². The summed E-state index contributed by atoms with van der Waals surface area (Å²) in [5, 5.41) is 64.5. The number of Topliss-reactive ketones (excluding diaryl/α,β-unsaturated/α-hetero) is 3. The van der Waals surface area contributed by atoms with Gasteiger partial charge in [-0.3, -0.25) is 38.4 Å². The molecule has 9 aliphatic rings. The minimum absolute atomic E-state index is 0. The van der Waals surface area contributed by atoms with Crippen molar-refractivity contribution < 1.29 is 93.1 Å². The fraction of sp³-hybridized carbons (Fsp3) is 0.795. The van der Waals surface area contributed by atoms with Crippen LogP contribution in [0.5, 0.6) is 0 Å². The van der Waals surface area contributed by atoms with Crippen LogP contribution in [0.3, 0.4) is 0 Å². The average Bonchev–Trinajstić information content (AvgIpc) is 1.53. The van der Waals surface area contributed by atoms with Gasteiger partial charge in [-0.25, -0.2) is 4.79 Å². The van der Waals surface area contributed by atoms with E-state index >= 15 is 0 Å². The zero-order valence-electron chi connectivity index (χ0n) is 56.0. The Kier molecular flexibility index (Phi) is 42.5. The van der Waals surface area contributed by atoms with Crippen molar-refractivity contribution in [3.63, 3.8) is 0 Å². The highest BCUT2D eigenvalue weighted by molar-refractivity contribution is 8.00. The van der Waals surface area contributed by atoms with E-state index in [9.17, 15) is 58.5 Å². The molecule has 0 heterocycles. The molecule has 96 heavy (non-hydrogen) atoms. The number of carbonyl (C=O) groups excluding carboxylic acids is 6. The molecule has 6 bridgehead atoms. The number of aliphatic hydroxyl groups excluding tert-OH is 4. The highest BCUT2D eigenvalue weighted by atomic mass is 32.2. The van der Waals surface area contributed by atoms with E-state index in [0.717, 1.165) is 137 Å². The van der Waals surface area contributed by atoms with E-state index in [1.165, 1.54) is 23.5 Å². The summed E-state index contributed by atoms with van der Waals surface area (Å²) in [6.07, 6.45) is 17.7. The lowest BCUT2D eigenvalue weighted by atomic mass is 9.57. The molecule has 9 fully saturated rings. The molecule has 552 valence electrons. The normalized spacial score (nSPS) is 31.2. The van der Waals surface area contributed by atoms with Gasteiger partial charge >= 0.3 is 35.8 Å². The summed E-state index contributed by atoms with van der Waals surface area (Å²) >= 11 is 6.10. The molecule has 23 heteroatoms. The number of esters is 3. The third-order valence-corrected chi connectivity index (χ3v) is 24.7. The third kappa shape index (κ3) is 26.7. The van der Waals surface area contributed by atoms with Crippen molar-refractivity contribution in [2.24, 2.45) is 51.8 Å². The topological polar surface area (TPSA) is 323 Å². The molecule has 7 N–H and O–H groups in total. The predicted octanol–water partition coefficient (Wildman–Crippen LogP) is 13.2. The monoisotopic (exact) mass is 1430 g/mol. The van der Waals surface area contributed by atoms with Crippen LogP contribution in [0.15, 0.2) is 36.5 Å². The van der Waals surface area contributed by atoms with Crippen molar-refractivity contribution in [1.82, 2.24) is 0 Å². The lowest BCUT2D eigenvalue weighted by Crippen LogP contribution is -2.48. The first-order chi connectivity index (χ1) is 44.2. The quantitative estimate of drug-likeness (QED) is 0.0243. The third-order valence-electron chi connectivity index (χ3n) is 20.1. The van der Waals surface area contributed by atoms with Crippen LogP contribution in [0.4, 0.5) is 0 Å². The molecule has 0 amide bonds. The van der Waals surface area contributed by atoms with Crippen molar-refractivity contribution >= 4 is 100 Å². The van der Waals surface area contributed by atoms with Crippen molar-refractivity contribution in [1.29, 1.82) is 0 Å². The van der Waals surface area contributed by atoms with Crippen LogP contribution in [0, 0.1) is 51.8 Å². The molecule has 15 atom stereocenters. The smallest absolute Gasteiger partial charge is 0.332 e. The number of carboxylic acid groups (broad SMARTS) is 3. The van der Waals surface area contributed by atoms with Gasteiger partial charge in [0, 0.05) is 80.5 Å². The van der Waals surface area contributed by atoms with Gasteiger partial charge in [0.1, 0.15) is 42.3 Å². The fourth-order valence-electron chi connectivity index (χ4n) is 16.2. The van der Waals surface area contributed by atoms with Gasteiger partial charge in [0.15, 0.2) is 0 Å². The summed E-state index contributed by atoms with van der Waals surface area (Å²) in [5.74, 6) is 2.54. The lowest BCUT2D eigenvalue weighted by molar-refractivity contribution is -0.162. The van der Waals surface area contributed by atoms with Gasteiger partial charge in [-0.05, 0) is 159 Å². The number of thioether (sulfide) groups is 4. The molecule has 9 saturated carbocycles. The minimum Gasteiger partial charge on any atom is -0.481 e. The first-order valence-electron chi connectivity index (χ1n) is 34.0. The van der Waals surface area contributed by atoms with Crippen molar-refractivity contribution in [3.8, 4) is 0 Å². The van der Waals surface area contributed by atoms with Crippen LogP contribution in [-0.4, -0.2) is 178 Å². The molecule has 0 aromatic carbocycles. The molecular weight excluding hydrogens is 1310 g/mol. The molecule has 9 rings (SSSR count). The van der Waals surface area contributed by atoms with E-state index in [1.807, 2.05) is 13.8 Å². The summed E-state index contributed by atoms with van der Waals surface area (Å²) in [6, 6.07) is 0. The Bertz CT molecular complexity index is 2410. The first-order valence-corrected chi connectivity index (χ1v) is 38.6. The van der Waals surface area contributed by atoms with E-state index in [0.29, 0.717) is 86.4 Å². The van der Waals surface area contributed by atoms with E-state index in [2.05, 4.69) is 33.6 Å². The van der Waals surface area contributed by atoms with Crippen molar-refractivity contribution in [3.05, 3.63) is 36.5 Å². The van der Waals surface area contributed by atoms with Gasteiger partial charge in [-0.15, -0.1) is 0 Å². The van der Waals surface area contributed by atoms with Crippen molar-refractivity contribution in [2.45, 2.75) is 260 Å². The number of carboxylic acids is 3. The van der Waals surface area contributed by atoms with Crippen LogP contribution in [-0.2, 0) is 57.4 Å². The highest BCUT2D eigenvalue weighted by Gasteiger charge is 2.60. The van der Waals surface area contributed by atoms with Crippen molar-refractivity contribution in [2.75, 3.05) is 52.6 Å². The Labute approximate surface area is 591 Å². The summed E-state index contributed by atoms with van der Waals surface area (Å²) in [7, 11) is 0. The minimum atomic E-state index is -0.745. The summed E-state index contributed by atoms with van der Waals surface area (Å²) < 4.78 is 17.1. The van der Waals surface area contributed by atoms with E-state index in [1.54, 1.807) is 30.4 Å². The Balaban J connectivity index is 0.000000618. The maximum atomic E-state index is 12.7. The second kappa shape index (κ2) is 45.2. The lowest BCUT2D eigenvalue weighted by Gasteiger charge is -2.48. The van der Waals surface area contributed by atoms with Gasteiger partial charge in [-0.2, -0.15) is 47.0 Å². The number of rotatable bonds is 21. The van der Waals surface area contributed by atoms with E-state index < -0.39 is 54.9 Å². The van der Waals surface area contributed by atoms with Crippen LogP contribution >= 0.6 is 47.0 Å². The van der Waals surface area contributed by atoms with Crippen LogP contribution in [0.25, 0.3) is 0 Å². The van der Waals surface area contributed by atoms with Gasteiger partial charge < -0.3 is 50.0 Å². The number of hydrogen-bond acceptors (Lipinski definition) is 20. The summed E-state index contributed by atoms with van der Waals surface area (Å²) in [5.41, 5.74) is 1.80. The van der Waals surface area contributed by atoms with E-state index in [-0.39, 0.29) is 122 Å². The molecule has 0 aliphatic heterocycles. The molecule has 9 unspecified atom stereocenters. The Morgan fingerprint density at radius 3 is 0.938 bits per heavy atom. The molecule has 0 aromatic heterocycles. The standard InChI is InChI=1S/2C20H30O4S.C17H24O5.2C5H10O2S.C3H6O2.3CH4/c2*1-3-9-25-12-18(23)24-17-10-13(2)16(22)11-20-7-4-5-14(17)19(20)15(21)6-8-20;1-10-7-14(22-15(21)9-18)11-3-2-5-17(8-13(10)20)6-4-12(19)16(11)17;2*1-2-3-8-4-5(6)7;1-2-3(4)5;;;/h2*14,16-17,19,22H,2-12H2,1H3;11,13-14,16,18,20H,1-9H2;2*2-4H2,1H3,(H,6,7);2H2,1H3,(H,4,5);3*1H4/t14?,16-,17+,19?,20?;14?,16-,17-,19?,20?;11?,13-,14+,16?,17?;;;;;;/m010....../s1. The molecule has 0 spiro atoms.